The average Bonchev–Trinajstić information content (AvgIpc) is 0.861. The monoisotopic (exact) mass is 1790 g/mol. The van der Waals surface area contributed by atoms with E-state index in [1.807, 2.05) is 0 Å². The molecule has 50 N–H and O–H groups in total. The zero-order valence-corrected chi connectivity index (χ0v) is 68.9. The number of nitro groups is 1. The topological polar surface area (TPSA) is 981 Å². The molecule has 0 spiro atoms. The molecule has 0 saturated heterocycles. The molecule has 1 rings (SSSR count). The summed E-state index contributed by atoms with van der Waals surface area (Å²) in [7, 11) is 1.85. The third-order valence-corrected chi connectivity index (χ3v) is 18.8. The lowest BCUT2D eigenvalue weighted by Gasteiger charge is -2.29. The van der Waals surface area contributed by atoms with Crippen LogP contribution in [-0.4, -0.2) is 265 Å². The van der Waals surface area contributed by atoms with Crippen LogP contribution in [0.5, 0.6) is 0 Å². The lowest BCUT2D eigenvalue weighted by atomic mass is 10.0. The molecular formula is C64H119F3N40O14S2. The van der Waals surface area contributed by atoms with E-state index in [-0.39, 0.29) is 197 Å². The van der Waals surface area contributed by atoms with Gasteiger partial charge in [-0.15, -0.1) is 0 Å². The van der Waals surface area contributed by atoms with Crippen molar-refractivity contribution < 1.29 is 75.9 Å². The zero-order chi connectivity index (χ0) is 93.3. The lowest BCUT2D eigenvalue weighted by Crippen LogP contribution is -2.60. The molecule has 0 radical (unpaired) electrons. The molecule has 59 heteroatoms. The van der Waals surface area contributed by atoms with Crippen molar-refractivity contribution in [2.24, 2.45) is 63.1 Å². The van der Waals surface area contributed by atoms with Gasteiger partial charge in [0.1, 0.15) is 54.4 Å². The molecule has 0 fully saturated rings. The number of carboxylic acid groups (broad SMARTS) is 1. The Morgan fingerprint density at radius 1 is 0.374 bits per heavy atom. The second-order valence-corrected chi connectivity index (χ2v) is 29.0. The molecule has 0 unspecified atom stereocenters. The van der Waals surface area contributed by atoms with Gasteiger partial charge in [-0.3, -0.25) is 107 Å². The summed E-state index contributed by atoms with van der Waals surface area (Å²) < 4.78 is 31.7. The number of halogens is 3. The molecule has 0 bridgehead atoms. The summed E-state index contributed by atoms with van der Waals surface area (Å²) in [4.78, 5) is 168. The summed E-state index contributed by atoms with van der Waals surface area (Å²) in [6, 6.07) is -12.5. The molecule has 54 nitrogen and oxygen atoms in total. The van der Waals surface area contributed by atoms with Crippen molar-refractivity contribution in [1.29, 1.82) is 48.7 Å². The van der Waals surface area contributed by atoms with Crippen molar-refractivity contribution >= 4 is 146 Å². The number of amides is 10. The molecule has 1 aromatic rings. The van der Waals surface area contributed by atoms with Crippen LogP contribution in [0.2, 0.25) is 0 Å². The second kappa shape index (κ2) is 61.0. The van der Waals surface area contributed by atoms with Gasteiger partial charge in [0.05, 0.1) is 11.0 Å². The smallest absolute Gasteiger partial charge is 0.475 e. The van der Waals surface area contributed by atoms with Crippen molar-refractivity contribution in [2.45, 2.75) is 187 Å². The number of carbonyl (C=O) groups excluding carboxylic acids is 10. The van der Waals surface area contributed by atoms with Gasteiger partial charge in [0.2, 0.25) is 59.1 Å². The van der Waals surface area contributed by atoms with Crippen LogP contribution >= 0.6 is 21.6 Å². The third-order valence-electron chi connectivity index (χ3n) is 16.5. The van der Waals surface area contributed by atoms with E-state index in [0.717, 1.165) is 21.6 Å². The second-order valence-electron chi connectivity index (χ2n) is 26.7. The molecule has 0 aromatic carbocycles. The van der Waals surface area contributed by atoms with Crippen LogP contribution in [0, 0.1) is 58.8 Å². The Morgan fingerprint density at radius 3 is 0.740 bits per heavy atom. The number of nitrogens with one attached hydrogen (secondary N) is 27. The molecular weight excluding hydrogens is 1670 g/mol. The number of guanidine groups is 9. The van der Waals surface area contributed by atoms with E-state index in [9.17, 15) is 71.2 Å². The summed E-state index contributed by atoms with van der Waals surface area (Å²) in [6.45, 7) is -0.0409. The molecule has 0 saturated carbocycles. The fraction of sp³-hybridized carbons (Fsp3) is 0.609. The number of carboxylic acids is 1. The summed E-state index contributed by atoms with van der Waals surface area (Å²) in [6.07, 6.45) is -5.19. The van der Waals surface area contributed by atoms with Crippen molar-refractivity contribution in [3.63, 3.8) is 0 Å². The molecule has 10 amide bonds. The molecule has 123 heavy (non-hydrogen) atoms. The van der Waals surface area contributed by atoms with Crippen LogP contribution in [0.3, 0.4) is 0 Å². The van der Waals surface area contributed by atoms with E-state index >= 15 is 0 Å². The van der Waals surface area contributed by atoms with E-state index in [4.69, 9.17) is 122 Å². The normalized spacial score (nSPS) is 13.1. The average molecular weight is 1790 g/mol. The highest BCUT2D eigenvalue weighted by Gasteiger charge is 2.39. The minimum Gasteiger partial charge on any atom is -0.475 e. The molecule has 10 atom stereocenters. The van der Waals surface area contributed by atoms with E-state index in [0.29, 0.717) is 0 Å². The van der Waals surface area contributed by atoms with Crippen LogP contribution in [0.15, 0.2) is 23.4 Å². The first-order valence-corrected chi connectivity index (χ1v) is 40.3. The Balaban J connectivity index is 0.0000203. The SMILES string of the molecule is N=C(N)NCCC[C@H](NC(=O)[C@H](CCCNC(=N)N)NC(=O)[C@H](CCCNC(=N)N)NC(=O)[C@H](CCCNC(=N)N)NC(=O)[C@H](CCCNC(=N)N)NC(=O)[C@H](CCCNC(=N)N)NC(=O)[C@H](CCCNC(=N)N)NC(=O)[C@H](CCCNC(=N)N)NC(=O)[C@H](CCCNC(=N)N)NC(=O)[C@@H](N)CSSc1ncccc1[N+](=O)[O-])C(N)=O.O=C(O)C(F)(F)F. The first-order chi connectivity index (χ1) is 57.7. The Bertz CT molecular complexity index is 3730. The molecule has 1 aromatic heterocycles. The number of hydrogen-bond donors (Lipinski definition) is 39. The van der Waals surface area contributed by atoms with E-state index < -0.39 is 184 Å². The number of rotatable bonds is 60. The lowest BCUT2D eigenvalue weighted by molar-refractivity contribution is -0.388. The van der Waals surface area contributed by atoms with Gasteiger partial charge in [-0.05, 0) is 132 Å². The standard InChI is InChI=1S/C62H118N40O12S2.C2HF3O2/c63-32(31-115-116-53-42(102(113)114)20-10-21-83-53)44(104)94-34(12-2-23-85-55(67)68)46(106)96-36(14-4-25-87-57(71)72)48(108)98-38(16-6-27-89-59(75)76)50(110)100-40(18-8-29-91-61(79)80)52(112)101-41(19-9-30-92-62(81)82)51(111)99-39(17-7-28-90-60(77)78)49(109)97-37(15-5-26-88-58(73)74)47(107)95-35(13-3-24-86-56(69)70)45(105)93-33(43(64)103)11-1-22-84-54(65)66;3-2(4,5)1(6)7/h10,20-21,32-41H,1-9,11-19,22-31,63H2,(H2,64,103)(H,93,105)(H,94,104)(H,95,107)(H,96,106)(H,97,109)(H,98,108)(H,99,111)(H,100,110)(H,101,112)(H4,65,66,84)(H4,67,68,85)(H4,69,70,86)(H4,71,72,87)(H4,73,74,88)(H4,75,76,89)(H4,77,78,90)(H4,79,80,91)(H4,81,82,92);(H,6,7)/t32-,33-,34-,35-,36-,37-,38-,39-,40-,41-;/m0./s1. The summed E-state index contributed by atoms with van der Waals surface area (Å²) >= 11 is 0. The predicted molar refractivity (Wildman–Crippen MR) is 450 cm³/mol. The maximum Gasteiger partial charge on any atom is 0.490 e. The van der Waals surface area contributed by atoms with Gasteiger partial charge in [-0.2, -0.15) is 13.2 Å². The van der Waals surface area contributed by atoms with Gasteiger partial charge in [0.15, 0.2) is 58.7 Å². The van der Waals surface area contributed by atoms with E-state index in [1.165, 1.54) is 18.3 Å². The number of nitrogens with zero attached hydrogens (tertiary/aromatic N) is 2. The highest BCUT2D eigenvalue weighted by atomic mass is 33.1. The summed E-state index contributed by atoms with van der Waals surface area (Å²) in [5.41, 5.74) is 61.3. The number of aromatic nitrogens is 1. The summed E-state index contributed by atoms with van der Waals surface area (Å²) in [5.74, 6) is -16.5. The number of aliphatic carboxylic acids is 1. The predicted octanol–water partition coefficient (Wildman–Crippen LogP) is -10.1. The van der Waals surface area contributed by atoms with Crippen LogP contribution in [0.1, 0.15) is 116 Å². The number of primary amides is 1. The Kier molecular flexibility index (Phi) is 54.3. The molecule has 692 valence electrons. The first kappa shape index (κ1) is 110. The quantitative estimate of drug-likeness (QED) is 0.00719. The minimum atomic E-state index is -5.08. The highest BCUT2D eigenvalue weighted by molar-refractivity contribution is 8.76. The number of alkyl halides is 3. The molecule has 1 heterocycles. The van der Waals surface area contributed by atoms with Gasteiger partial charge >= 0.3 is 17.8 Å². The number of carbonyl (C=O) groups is 11. The Morgan fingerprint density at radius 2 is 0.561 bits per heavy atom. The van der Waals surface area contributed by atoms with E-state index in [1.54, 1.807) is 0 Å². The zero-order valence-electron chi connectivity index (χ0n) is 67.3. The van der Waals surface area contributed by atoms with Crippen molar-refractivity contribution in [3.8, 4) is 0 Å². The van der Waals surface area contributed by atoms with Gasteiger partial charge in [-0.1, -0.05) is 10.8 Å². The fourth-order valence-electron chi connectivity index (χ4n) is 10.5. The van der Waals surface area contributed by atoms with Crippen LogP contribution < -0.4 is 159 Å². The van der Waals surface area contributed by atoms with E-state index in [2.05, 4.69) is 101 Å². The van der Waals surface area contributed by atoms with Crippen LogP contribution in [0.4, 0.5) is 18.9 Å². The Hall–Kier alpha value is -13.4. The fourth-order valence-corrected chi connectivity index (χ4v) is 12.7. The first-order valence-electron chi connectivity index (χ1n) is 37.9. The molecule has 0 aliphatic rings. The van der Waals surface area contributed by atoms with Gasteiger partial charge in [0, 0.05) is 76.9 Å². The molecule has 0 aliphatic carbocycles. The number of nitrogens with two attached hydrogens (primary N) is 11. The van der Waals surface area contributed by atoms with Gasteiger partial charge in [0.25, 0.3) is 0 Å². The van der Waals surface area contributed by atoms with Crippen LogP contribution in [0.25, 0.3) is 0 Å². The van der Waals surface area contributed by atoms with Crippen molar-refractivity contribution in [3.05, 3.63) is 28.4 Å². The number of hydrogen-bond acceptors (Lipinski definition) is 26. The van der Waals surface area contributed by atoms with Crippen LogP contribution in [-0.2, 0) is 52.7 Å². The third kappa shape index (κ3) is 53.0. The van der Waals surface area contributed by atoms with Crippen molar-refractivity contribution in [1.82, 2.24) is 101 Å². The summed E-state index contributed by atoms with van der Waals surface area (Å²) in [5, 5.41) is 134. The maximum atomic E-state index is 15.0. The van der Waals surface area contributed by atoms with Gasteiger partial charge < -0.3 is 164 Å². The van der Waals surface area contributed by atoms with Crippen molar-refractivity contribution in [2.75, 3.05) is 64.7 Å². The van der Waals surface area contributed by atoms with Gasteiger partial charge in [-0.25, -0.2) is 9.78 Å². The molecule has 0 aliphatic heterocycles. The maximum absolute atomic E-state index is 15.0. The Labute approximate surface area is 711 Å². The minimum absolute atomic E-state index is 0.00340. The number of pyridine rings is 1. The largest absolute Gasteiger partial charge is 0.490 e. The highest BCUT2D eigenvalue weighted by Crippen LogP contribution is 2.35.